The highest BCUT2D eigenvalue weighted by Crippen LogP contribution is 2.00. The first-order chi connectivity index (χ1) is 11.0. The zero-order valence-electron chi connectivity index (χ0n) is 12.5. The monoisotopic (exact) mass is 318 g/mol. The molecule has 1 rings (SSSR count). The molecule has 8 nitrogen and oxygen atoms in total. The molecule has 122 valence electrons. The van der Waals surface area contributed by atoms with E-state index >= 15 is 0 Å². The van der Waals surface area contributed by atoms with Crippen molar-refractivity contribution in [2.75, 3.05) is 6.54 Å². The molecule has 0 aliphatic carbocycles. The van der Waals surface area contributed by atoms with E-state index in [-0.39, 0.29) is 26.0 Å². The van der Waals surface area contributed by atoms with Crippen LogP contribution < -0.4 is 16.4 Å². The van der Waals surface area contributed by atoms with Crippen LogP contribution in [0.4, 0.5) is 4.79 Å². The third kappa shape index (κ3) is 7.47. The number of nitriles is 1. The third-order valence-electron chi connectivity index (χ3n) is 2.83. The number of hydrogen-bond donors (Lipinski definition) is 3. The zero-order chi connectivity index (χ0) is 17.1. The molecule has 3 amide bonds. The van der Waals surface area contributed by atoms with Crippen molar-refractivity contribution in [3.8, 4) is 6.07 Å². The molecule has 0 unspecified atom stereocenters. The van der Waals surface area contributed by atoms with Crippen molar-refractivity contribution in [2.45, 2.75) is 25.5 Å². The molecule has 1 aromatic rings. The van der Waals surface area contributed by atoms with Gasteiger partial charge < -0.3 is 21.1 Å². The minimum absolute atomic E-state index is 0.0837. The highest BCUT2D eigenvalue weighted by molar-refractivity contribution is 5.88. The molecular formula is C15H18N4O4. The number of nitrogens with two attached hydrogens (primary N) is 1. The van der Waals surface area contributed by atoms with Gasteiger partial charge in [-0.05, 0) is 12.0 Å². The quantitative estimate of drug-likeness (QED) is 0.629. The predicted molar refractivity (Wildman–Crippen MR) is 80.6 cm³/mol. The molecule has 0 bridgehead atoms. The number of benzene rings is 1. The van der Waals surface area contributed by atoms with Crippen molar-refractivity contribution in [2.24, 2.45) is 5.73 Å². The lowest BCUT2D eigenvalue weighted by molar-refractivity contribution is -0.126. The van der Waals surface area contributed by atoms with Crippen LogP contribution in [0.3, 0.4) is 0 Å². The summed E-state index contributed by atoms with van der Waals surface area (Å²) in [6.07, 6.45) is -0.548. The van der Waals surface area contributed by atoms with Crippen LogP contribution >= 0.6 is 0 Å². The topological polar surface area (TPSA) is 134 Å². The van der Waals surface area contributed by atoms with Crippen LogP contribution in [-0.2, 0) is 20.9 Å². The first-order valence-electron chi connectivity index (χ1n) is 6.93. The Morgan fingerprint density at radius 2 is 1.96 bits per heavy atom. The van der Waals surface area contributed by atoms with E-state index in [9.17, 15) is 14.4 Å². The van der Waals surface area contributed by atoms with E-state index in [1.165, 1.54) is 0 Å². The van der Waals surface area contributed by atoms with Gasteiger partial charge in [0, 0.05) is 6.42 Å². The highest BCUT2D eigenvalue weighted by Gasteiger charge is 2.18. The summed E-state index contributed by atoms with van der Waals surface area (Å²) in [7, 11) is 0. The molecule has 1 atom stereocenters. The molecule has 0 fully saturated rings. The summed E-state index contributed by atoms with van der Waals surface area (Å²) < 4.78 is 4.93. The Kier molecular flexibility index (Phi) is 7.64. The molecule has 0 aliphatic rings. The number of ether oxygens (including phenoxy) is 1. The number of hydrogen-bond acceptors (Lipinski definition) is 5. The number of alkyl carbamates (subject to hydrolysis) is 1. The number of carbonyl (C=O) groups excluding carboxylic acids is 3. The molecule has 0 saturated heterocycles. The minimum Gasteiger partial charge on any atom is -0.445 e. The lowest BCUT2D eigenvalue weighted by Gasteiger charge is -2.14. The number of nitrogens with zero attached hydrogens (tertiary/aromatic N) is 1. The second-order valence-electron chi connectivity index (χ2n) is 4.63. The van der Waals surface area contributed by atoms with Gasteiger partial charge in [-0.2, -0.15) is 5.26 Å². The van der Waals surface area contributed by atoms with E-state index in [0.29, 0.717) is 0 Å². The Morgan fingerprint density at radius 3 is 2.57 bits per heavy atom. The van der Waals surface area contributed by atoms with Gasteiger partial charge in [0.25, 0.3) is 0 Å². The average molecular weight is 318 g/mol. The first-order valence-corrected chi connectivity index (χ1v) is 6.93. The van der Waals surface area contributed by atoms with Crippen LogP contribution in [0.1, 0.15) is 18.4 Å². The van der Waals surface area contributed by atoms with E-state index in [1.54, 1.807) is 12.1 Å². The SMILES string of the molecule is N#CCC[C@H](NC(=O)CNC(=O)OCc1ccccc1)C(N)=O. The molecule has 23 heavy (non-hydrogen) atoms. The van der Waals surface area contributed by atoms with Crippen LogP contribution in [0.25, 0.3) is 0 Å². The van der Waals surface area contributed by atoms with Crippen LogP contribution in [0.2, 0.25) is 0 Å². The maximum Gasteiger partial charge on any atom is 0.407 e. The van der Waals surface area contributed by atoms with E-state index in [1.807, 2.05) is 24.3 Å². The fraction of sp³-hybridized carbons (Fsp3) is 0.333. The van der Waals surface area contributed by atoms with Crippen molar-refractivity contribution in [3.05, 3.63) is 35.9 Å². The smallest absolute Gasteiger partial charge is 0.407 e. The van der Waals surface area contributed by atoms with Gasteiger partial charge in [-0.15, -0.1) is 0 Å². The summed E-state index contributed by atoms with van der Waals surface area (Å²) >= 11 is 0. The summed E-state index contributed by atoms with van der Waals surface area (Å²) in [6.45, 7) is -0.273. The van der Waals surface area contributed by atoms with Gasteiger partial charge in [0.1, 0.15) is 19.2 Å². The highest BCUT2D eigenvalue weighted by atomic mass is 16.5. The number of rotatable bonds is 8. The largest absolute Gasteiger partial charge is 0.445 e. The van der Waals surface area contributed by atoms with E-state index in [4.69, 9.17) is 15.7 Å². The van der Waals surface area contributed by atoms with Gasteiger partial charge in [-0.1, -0.05) is 30.3 Å². The average Bonchev–Trinajstić information content (AvgIpc) is 2.55. The third-order valence-corrected chi connectivity index (χ3v) is 2.83. The Balaban J connectivity index is 2.30. The number of primary amides is 1. The van der Waals surface area contributed by atoms with Gasteiger partial charge in [-0.3, -0.25) is 9.59 Å². The maximum atomic E-state index is 11.6. The Morgan fingerprint density at radius 1 is 1.26 bits per heavy atom. The maximum absolute atomic E-state index is 11.6. The standard InChI is InChI=1S/C15H18N4O4/c16-8-4-7-12(14(17)21)19-13(20)9-18-15(22)23-10-11-5-2-1-3-6-11/h1-3,5-6,12H,4,7,9-10H2,(H2,17,21)(H,18,22)(H,19,20)/t12-/m0/s1. The van der Waals surface area contributed by atoms with Crippen LogP contribution in [0.5, 0.6) is 0 Å². The van der Waals surface area contributed by atoms with Crippen LogP contribution in [-0.4, -0.2) is 30.5 Å². The number of nitrogens with one attached hydrogen (secondary N) is 2. The van der Waals surface area contributed by atoms with Crippen LogP contribution in [0.15, 0.2) is 30.3 Å². The van der Waals surface area contributed by atoms with Gasteiger partial charge in [0.05, 0.1) is 6.07 Å². The molecule has 0 aromatic heterocycles. The molecule has 0 radical (unpaired) electrons. The molecule has 8 heteroatoms. The summed E-state index contributed by atoms with van der Waals surface area (Å²) in [5.41, 5.74) is 5.94. The molecule has 0 spiro atoms. The summed E-state index contributed by atoms with van der Waals surface area (Å²) in [6, 6.07) is 9.99. The molecule has 0 saturated carbocycles. The van der Waals surface area contributed by atoms with Gasteiger partial charge in [0.2, 0.25) is 11.8 Å². The Hall–Kier alpha value is -3.08. The van der Waals surface area contributed by atoms with Crippen molar-refractivity contribution in [3.63, 3.8) is 0 Å². The molecule has 0 aliphatic heterocycles. The van der Waals surface area contributed by atoms with E-state index < -0.39 is 23.9 Å². The van der Waals surface area contributed by atoms with E-state index in [0.717, 1.165) is 5.56 Å². The molecule has 1 aromatic carbocycles. The van der Waals surface area contributed by atoms with Gasteiger partial charge >= 0.3 is 6.09 Å². The lowest BCUT2D eigenvalue weighted by Crippen LogP contribution is -2.47. The summed E-state index contributed by atoms with van der Waals surface area (Å²) in [4.78, 5) is 34.2. The number of carbonyl (C=O) groups is 3. The van der Waals surface area contributed by atoms with Crippen molar-refractivity contribution in [1.29, 1.82) is 5.26 Å². The Bertz CT molecular complexity index is 583. The fourth-order valence-corrected chi connectivity index (χ4v) is 1.67. The second kappa shape index (κ2) is 9.78. The van der Waals surface area contributed by atoms with Gasteiger partial charge in [0.15, 0.2) is 0 Å². The van der Waals surface area contributed by atoms with Gasteiger partial charge in [-0.25, -0.2) is 4.79 Å². The van der Waals surface area contributed by atoms with Crippen molar-refractivity contribution < 1.29 is 19.1 Å². The molecule has 4 N–H and O–H groups in total. The zero-order valence-corrected chi connectivity index (χ0v) is 12.5. The minimum atomic E-state index is -0.940. The van der Waals surface area contributed by atoms with Crippen molar-refractivity contribution in [1.82, 2.24) is 10.6 Å². The summed E-state index contributed by atoms with van der Waals surface area (Å²) in [5.74, 6) is -1.33. The first kappa shape index (κ1) is 18.0. The van der Waals surface area contributed by atoms with Crippen molar-refractivity contribution >= 4 is 17.9 Å². The lowest BCUT2D eigenvalue weighted by atomic mass is 10.1. The second-order valence-corrected chi connectivity index (χ2v) is 4.63. The summed E-state index contributed by atoms with van der Waals surface area (Å²) in [5, 5.41) is 13.1. The van der Waals surface area contributed by atoms with Crippen LogP contribution in [0, 0.1) is 11.3 Å². The molecular weight excluding hydrogens is 300 g/mol. The normalized spacial score (nSPS) is 10.9. The molecule has 0 heterocycles. The fourth-order valence-electron chi connectivity index (χ4n) is 1.67. The predicted octanol–water partition coefficient (Wildman–Crippen LogP) is 0.187. The van der Waals surface area contributed by atoms with E-state index in [2.05, 4.69) is 10.6 Å². The number of amides is 3. The Labute approximate surface area is 133 Å².